The van der Waals surface area contributed by atoms with Gasteiger partial charge in [-0.1, -0.05) is 0 Å². The smallest absolute Gasteiger partial charge is 0.307 e. The Labute approximate surface area is 120 Å². The predicted molar refractivity (Wildman–Crippen MR) is 74.8 cm³/mol. The van der Waals surface area contributed by atoms with Crippen molar-refractivity contribution in [2.75, 3.05) is 7.11 Å². The maximum Gasteiger partial charge on any atom is 0.307 e. The number of hydrogen-bond acceptors (Lipinski definition) is 3. The predicted octanol–water partition coefficient (Wildman–Crippen LogP) is 2.27. The molecule has 0 aromatic rings. The van der Waals surface area contributed by atoms with E-state index in [4.69, 9.17) is 0 Å². The van der Waals surface area contributed by atoms with Crippen LogP contribution in [0.4, 0.5) is 0 Å². The van der Waals surface area contributed by atoms with Gasteiger partial charge in [-0.3, -0.25) is 9.59 Å². The minimum atomic E-state index is -0.261. The summed E-state index contributed by atoms with van der Waals surface area (Å²) in [6, 6.07) is -0.136. The van der Waals surface area contributed by atoms with Crippen LogP contribution < -0.4 is 5.32 Å². The third-order valence-electron chi connectivity index (χ3n) is 5.60. The Morgan fingerprint density at radius 2 is 1.65 bits per heavy atom. The highest BCUT2D eigenvalue weighted by atomic mass is 16.5. The van der Waals surface area contributed by atoms with Gasteiger partial charge in [-0.25, -0.2) is 0 Å². The molecule has 4 aliphatic carbocycles. The molecule has 1 N–H and O–H groups in total. The monoisotopic (exact) mass is 279 g/mol. The molecular formula is C16H25NO3. The molecule has 0 aliphatic heterocycles. The van der Waals surface area contributed by atoms with Crippen molar-refractivity contribution in [1.29, 1.82) is 0 Å². The highest BCUT2D eigenvalue weighted by molar-refractivity contribution is 5.84. The molecule has 1 atom stereocenters. The second-order valence-electron chi connectivity index (χ2n) is 7.35. The molecule has 0 aromatic carbocycles. The molecule has 0 radical (unpaired) electrons. The van der Waals surface area contributed by atoms with Gasteiger partial charge < -0.3 is 10.1 Å². The largest absolute Gasteiger partial charge is 0.469 e. The van der Waals surface area contributed by atoms with Gasteiger partial charge in [-0.15, -0.1) is 0 Å². The number of esters is 1. The quantitative estimate of drug-likeness (QED) is 0.803. The molecule has 1 amide bonds. The van der Waals surface area contributed by atoms with Gasteiger partial charge in [0.1, 0.15) is 0 Å². The lowest BCUT2D eigenvalue weighted by molar-refractivity contribution is -0.147. The van der Waals surface area contributed by atoms with Crippen molar-refractivity contribution in [3.05, 3.63) is 0 Å². The molecule has 4 rings (SSSR count). The number of methoxy groups -OCH3 is 1. The third kappa shape index (κ3) is 2.45. The molecule has 4 bridgehead atoms. The summed E-state index contributed by atoms with van der Waals surface area (Å²) < 4.78 is 4.66. The number of hydrogen-bond donors (Lipinski definition) is 1. The first-order valence-electron chi connectivity index (χ1n) is 7.88. The zero-order valence-corrected chi connectivity index (χ0v) is 12.5. The number of nitrogens with one attached hydrogen (secondary N) is 1. The Morgan fingerprint density at radius 3 is 2.10 bits per heavy atom. The Morgan fingerprint density at radius 1 is 1.15 bits per heavy atom. The maximum atomic E-state index is 12.7. The summed E-state index contributed by atoms with van der Waals surface area (Å²) in [6.45, 7) is 1.88. The van der Waals surface area contributed by atoms with Gasteiger partial charge in [0.2, 0.25) is 5.91 Å². The van der Waals surface area contributed by atoms with Crippen molar-refractivity contribution >= 4 is 11.9 Å². The van der Waals surface area contributed by atoms with Crippen LogP contribution in [-0.2, 0) is 14.3 Å². The van der Waals surface area contributed by atoms with E-state index in [1.165, 1.54) is 26.4 Å². The molecule has 4 nitrogen and oxygen atoms in total. The van der Waals surface area contributed by atoms with Gasteiger partial charge in [-0.2, -0.15) is 0 Å². The molecule has 0 spiro atoms. The van der Waals surface area contributed by atoms with Crippen LogP contribution in [0.1, 0.15) is 51.9 Å². The van der Waals surface area contributed by atoms with Crippen LogP contribution in [0.3, 0.4) is 0 Å². The molecule has 4 aliphatic rings. The van der Waals surface area contributed by atoms with Gasteiger partial charge in [0.25, 0.3) is 0 Å². The summed E-state index contributed by atoms with van der Waals surface area (Å²) in [5, 5.41) is 3.06. The van der Waals surface area contributed by atoms with Gasteiger partial charge in [0.15, 0.2) is 0 Å². The summed E-state index contributed by atoms with van der Waals surface area (Å²) >= 11 is 0. The average Bonchev–Trinajstić information content (AvgIpc) is 2.36. The van der Waals surface area contributed by atoms with Crippen molar-refractivity contribution in [2.24, 2.45) is 23.2 Å². The van der Waals surface area contributed by atoms with E-state index in [1.807, 2.05) is 6.92 Å². The molecular weight excluding hydrogens is 254 g/mol. The number of ether oxygens (including phenoxy) is 1. The molecule has 20 heavy (non-hydrogen) atoms. The molecule has 0 heterocycles. The topological polar surface area (TPSA) is 55.4 Å². The van der Waals surface area contributed by atoms with Crippen LogP contribution in [0.25, 0.3) is 0 Å². The van der Waals surface area contributed by atoms with Crippen molar-refractivity contribution < 1.29 is 14.3 Å². The summed E-state index contributed by atoms with van der Waals surface area (Å²) in [5.74, 6) is 2.23. The molecule has 112 valence electrons. The van der Waals surface area contributed by atoms with Crippen molar-refractivity contribution in [2.45, 2.75) is 57.9 Å². The lowest BCUT2D eigenvalue weighted by Gasteiger charge is -2.55. The van der Waals surface area contributed by atoms with E-state index in [9.17, 15) is 9.59 Å². The first-order valence-corrected chi connectivity index (χ1v) is 7.88. The molecule has 0 saturated heterocycles. The van der Waals surface area contributed by atoms with E-state index in [1.54, 1.807) is 0 Å². The first kappa shape index (κ1) is 13.9. The van der Waals surface area contributed by atoms with E-state index >= 15 is 0 Å². The van der Waals surface area contributed by atoms with Crippen LogP contribution in [0.2, 0.25) is 0 Å². The van der Waals surface area contributed by atoms with Gasteiger partial charge >= 0.3 is 5.97 Å². The zero-order chi connectivity index (χ0) is 14.3. The molecule has 4 saturated carbocycles. The molecule has 4 fully saturated rings. The fourth-order valence-electron chi connectivity index (χ4n) is 5.15. The standard InChI is InChI=1S/C16H25NO3/c1-10(3-14(18)20-2)17-15(19)16-7-11-4-12(8-16)6-13(5-11)9-16/h10-13H,3-9H2,1-2H3,(H,17,19). The lowest BCUT2D eigenvalue weighted by atomic mass is 9.49. The summed E-state index contributed by atoms with van der Waals surface area (Å²) in [7, 11) is 1.38. The second-order valence-corrected chi connectivity index (χ2v) is 7.35. The summed E-state index contributed by atoms with van der Waals surface area (Å²) in [4.78, 5) is 24.0. The number of carbonyl (C=O) groups excluding carboxylic acids is 2. The highest BCUT2D eigenvalue weighted by Gasteiger charge is 2.54. The van der Waals surface area contributed by atoms with Crippen LogP contribution in [0, 0.1) is 23.2 Å². The minimum Gasteiger partial charge on any atom is -0.469 e. The van der Waals surface area contributed by atoms with Crippen LogP contribution in [-0.4, -0.2) is 25.0 Å². The third-order valence-corrected chi connectivity index (χ3v) is 5.60. The Bertz CT molecular complexity index is 383. The molecule has 1 unspecified atom stereocenters. The highest BCUT2D eigenvalue weighted by Crippen LogP contribution is 2.60. The first-order chi connectivity index (χ1) is 9.50. The molecule has 4 heteroatoms. The van der Waals surface area contributed by atoms with Crippen molar-refractivity contribution in [1.82, 2.24) is 5.32 Å². The zero-order valence-electron chi connectivity index (χ0n) is 12.5. The Balaban J connectivity index is 1.63. The minimum absolute atomic E-state index is 0.126. The Kier molecular flexibility index (Phi) is 3.51. The second kappa shape index (κ2) is 5.05. The number of amides is 1. The van der Waals surface area contributed by atoms with Crippen LogP contribution >= 0.6 is 0 Å². The molecule has 0 aromatic heterocycles. The SMILES string of the molecule is COC(=O)CC(C)NC(=O)C12CC3CC(CC(C3)C1)C2. The van der Waals surface area contributed by atoms with E-state index in [2.05, 4.69) is 10.1 Å². The van der Waals surface area contributed by atoms with Gasteiger partial charge in [-0.05, 0) is 63.2 Å². The maximum absolute atomic E-state index is 12.7. The average molecular weight is 279 g/mol. The van der Waals surface area contributed by atoms with Crippen molar-refractivity contribution in [3.8, 4) is 0 Å². The van der Waals surface area contributed by atoms with E-state index in [-0.39, 0.29) is 29.8 Å². The normalized spacial score (nSPS) is 39.4. The fourth-order valence-corrected chi connectivity index (χ4v) is 5.15. The number of rotatable bonds is 4. The van der Waals surface area contributed by atoms with Crippen LogP contribution in [0.15, 0.2) is 0 Å². The summed E-state index contributed by atoms with van der Waals surface area (Å²) in [6.07, 6.45) is 7.47. The van der Waals surface area contributed by atoms with E-state index in [0.717, 1.165) is 37.0 Å². The summed E-state index contributed by atoms with van der Waals surface area (Å²) in [5.41, 5.74) is -0.126. The fraction of sp³-hybridized carbons (Fsp3) is 0.875. The lowest BCUT2D eigenvalue weighted by Crippen LogP contribution is -2.55. The Hall–Kier alpha value is -1.06. The number of carbonyl (C=O) groups is 2. The van der Waals surface area contributed by atoms with Gasteiger partial charge in [0, 0.05) is 11.5 Å². The van der Waals surface area contributed by atoms with Crippen molar-refractivity contribution in [3.63, 3.8) is 0 Å². The van der Waals surface area contributed by atoms with E-state index < -0.39 is 0 Å². The van der Waals surface area contributed by atoms with Crippen LogP contribution in [0.5, 0.6) is 0 Å². The van der Waals surface area contributed by atoms with Gasteiger partial charge in [0.05, 0.1) is 13.5 Å². The van der Waals surface area contributed by atoms with E-state index in [0.29, 0.717) is 0 Å².